The van der Waals surface area contributed by atoms with Crippen LogP contribution in [-0.2, 0) is 6.42 Å². The van der Waals surface area contributed by atoms with Gasteiger partial charge in [0.15, 0.2) is 0 Å². The van der Waals surface area contributed by atoms with E-state index in [-0.39, 0.29) is 0 Å². The molecular weight excluding hydrogens is 294 g/mol. The minimum absolute atomic E-state index is 0.912. The number of hydrogen-bond acceptors (Lipinski definition) is 3. The molecule has 1 heterocycles. The molecule has 0 saturated heterocycles. The Labute approximate surface area is 142 Å². The zero-order valence-electron chi connectivity index (χ0n) is 14.0. The molecule has 0 radical (unpaired) electrons. The van der Waals surface area contributed by atoms with Gasteiger partial charge < -0.3 is 0 Å². The lowest BCUT2D eigenvalue weighted by molar-refractivity contribution is 1.14. The first-order valence-electron chi connectivity index (χ1n) is 8.17. The number of benzene rings is 2. The molecule has 0 bridgehead atoms. The van der Waals surface area contributed by atoms with Gasteiger partial charge in [0.05, 0.1) is 16.9 Å². The Morgan fingerprint density at radius 1 is 1.08 bits per heavy atom. The average Bonchev–Trinajstić information content (AvgIpc) is 2.65. The zero-order valence-corrected chi connectivity index (χ0v) is 14.0. The first kappa shape index (κ1) is 15.9. The van der Waals surface area contributed by atoms with Gasteiger partial charge in [0.1, 0.15) is 0 Å². The Morgan fingerprint density at radius 2 is 1.92 bits per heavy atom. The summed E-state index contributed by atoms with van der Waals surface area (Å²) in [4.78, 5) is 4.36. The van der Waals surface area contributed by atoms with Crippen molar-refractivity contribution in [1.29, 1.82) is 0 Å². The van der Waals surface area contributed by atoms with Crippen molar-refractivity contribution in [1.82, 2.24) is 4.98 Å². The van der Waals surface area contributed by atoms with Crippen LogP contribution in [-0.4, -0.2) is 10.7 Å². The molecule has 0 spiro atoms. The third-order valence-electron chi connectivity index (χ3n) is 3.90. The van der Waals surface area contributed by atoms with Gasteiger partial charge in [-0.25, -0.2) is 0 Å². The molecule has 0 amide bonds. The standard InChI is InChI=1S/C21H21N3/c1-3-17-11-13-18(14-12-17)10-9-16(2)23-24-21-8-4-7-20-19(21)6-5-15-22-20/h4-15,24H,3H2,1-2H3/b10-9+,23-16-. The van der Waals surface area contributed by atoms with Crippen LogP contribution in [0, 0.1) is 0 Å². The molecule has 2 aromatic carbocycles. The van der Waals surface area contributed by atoms with Crippen molar-refractivity contribution in [3.8, 4) is 0 Å². The summed E-state index contributed by atoms with van der Waals surface area (Å²) in [6.45, 7) is 4.14. The molecule has 3 heteroatoms. The molecule has 3 rings (SSSR count). The van der Waals surface area contributed by atoms with Crippen molar-refractivity contribution in [3.05, 3.63) is 78.0 Å². The Morgan fingerprint density at radius 3 is 2.71 bits per heavy atom. The maximum atomic E-state index is 4.45. The fourth-order valence-electron chi connectivity index (χ4n) is 2.47. The predicted molar refractivity (Wildman–Crippen MR) is 103 cm³/mol. The van der Waals surface area contributed by atoms with E-state index < -0.39 is 0 Å². The molecule has 0 aliphatic rings. The average molecular weight is 315 g/mol. The van der Waals surface area contributed by atoms with E-state index in [1.807, 2.05) is 43.3 Å². The Balaban J connectivity index is 1.72. The summed E-state index contributed by atoms with van der Waals surface area (Å²) in [5.74, 6) is 0. The van der Waals surface area contributed by atoms with Crippen LogP contribution < -0.4 is 5.43 Å². The predicted octanol–water partition coefficient (Wildman–Crippen LogP) is 5.30. The third kappa shape index (κ3) is 3.87. The van der Waals surface area contributed by atoms with E-state index in [1.54, 1.807) is 6.20 Å². The van der Waals surface area contributed by atoms with Crippen molar-refractivity contribution in [2.24, 2.45) is 5.10 Å². The lowest BCUT2D eigenvalue weighted by Gasteiger charge is -2.05. The van der Waals surface area contributed by atoms with Crippen LogP contribution >= 0.6 is 0 Å². The number of hydrazone groups is 1. The number of aryl methyl sites for hydroxylation is 1. The summed E-state index contributed by atoms with van der Waals surface area (Å²) >= 11 is 0. The van der Waals surface area contributed by atoms with Gasteiger partial charge in [-0.05, 0) is 54.8 Å². The van der Waals surface area contributed by atoms with E-state index in [2.05, 4.69) is 52.8 Å². The number of anilines is 1. The molecule has 1 aromatic heterocycles. The topological polar surface area (TPSA) is 37.3 Å². The number of nitrogens with zero attached hydrogens (tertiary/aromatic N) is 2. The summed E-state index contributed by atoms with van der Waals surface area (Å²) in [6, 6.07) is 18.5. The number of rotatable bonds is 5. The number of aromatic nitrogens is 1. The van der Waals surface area contributed by atoms with Gasteiger partial charge in [-0.1, -0.05) is 43.3 Å². The van der Waals surface area contributed by atoms with Crippen molar-refractivity contribution in [2.75, 3.05) is 5.43 Å². The van der Waals surface area contributed by atoms with E-state index in [9.17, 15) is 0 Å². The molecule has 0 fully saturated rings. The molecule has 3 aromatic rings. The zero-order chi connectivity index (χ0) is 16.8. The van der Waals surface area contributed by atoms with Crippen LogP contribution in [0.3, 0.4) is 0 Å². The second-order valence-electron chi connectivity index (χ2n) is 5.67. The van der Waals surface area contributed by atoms with Gasteiger partial charge in [0.2, 0.25) is 0 Å². The van der Waals surface area contributed by atoms with Crippen LogP contribution in [0.2, 0.25) is 0 Å². The summed E-state index contributed by atoms with van der Waals surface area (Å²) in [5, 5.41) is 5.51. The second-order valence-corrected chi connectivity index (χ2v) is 5.67. The fourth-order valence-corrected chi connectivity index (χ4v) is 2.47. The third-order valence-corrected chi connectivity index (χ3v) is 3.90. The van der Waals surface area contributed by atoms with Gasteiger partial charge in [0.25, 0.3) is 0 Å². The summed E-state index contributed by atoms with van der Waals surface area (Å²) in [7, 11) is 0. The van der Waals surface area contributed by atoms with Crippen molar-refractivity contribution in [3.63, 3.8) is 0 Å². The highest BCUT2D eigenvalue weighted by molar-refractivity contribution is 5.97. The van der Waals surface area contributed by atoms with E-state index in [0.717, 1.165) is 28.7 Å². The monoisotopic (exact) mass is 315 g/mol. The van der Waals surface area contributed by atoms with Crippen molar-refractivity contribution in [2.45, 2.75) is 20.3 Å². The molecule has 3 nitrogen and oxygen atoms in total. The first-order chi connectivity index (χ1) is 11.8. The van der Waals surface area contributed by atoms with E-state index in [0.29, 0.717) is 0 Å². The minimum atomic E-state index is 0.912. The first-order valence-corrected chi connectivity index (χ1v) is 8.17. The summed E-state index contributed by atoms with van der Waals surface area (Å²) in [6.07, 6.45) is 6.95. The van der Waals surface area contributed by atoms with Crippen LogP contribution in [0.1, 0.15) is 25.0 Å². The van der Waals surface area contributed by atoms with Gasteiger partial charge in [-0.15, -0.1) is 0 Å². The lowest BCUT2D eigenvalue weighted by Crippen LogP contribution is -1.95. The molecule has 24 heavy (non-hydrogen) atoms. The Bertz CT molecular complexity index is 872. The van der Waals surface area contributed by atoms with Crippen molar-refractivity contribution < 1.29 is 0 Å². The number of hydrogen-bond donors (Lipinski definition) is 1. The highest BCUT2D eigenvalue weighted by Crippen LogP contribution is 2.21. The summed E-state index contributed by atoms with van der Waals surface area (Å²) in [5.41, 5.74) is 8.50. The number of pyridine rings is 1. The molecule has 0 unspecified atom stereocenters. The van der Waals surface area contributed by atoms with Crippen LogP contribution in [0.25, 0.3) is 17.0 Å². The second kappa shape index (κ2) is 7.55. The number of allylic oxidation sites excluding steroid dienone is 1. The molecule has 120 valence electrons. The van der Waals surface area contributed by atoms with Crippen LogP contribution in [0.4, 0.5) is 5.69 Å². The van der Waals surface area contributed by atoms with E-state index in [1.165, 1.54) is 11.1 Å². The minimum Gasteiger partial charge on any atom is -0.278 e. The Hall–Kier alpha value is -2.94. The van der Waals surface area contributed by atoms with Crippen LogP contribution in [0.15, 0.2) is 72.0 Å². The quantitative estimate of drug-likeness (QED) is 0.512. The molecule has 1 N–H and O–H groups in total. The van der Waals surface area contributed by atoms with E-state index in [4.69, 9.17) is 0 Å². The summed E-state index contributed by atoms with van der Waals surface area (Å²) < 4.78 is 0. The number of nitrogens with one attached hydrogen (secondary N) is 1. The lowest BCUT2D eigenvalue weighted by atomic mass is 10.1. The van der Waals surface area contributed by atoms with Gasteiger partial charge in [0, 0.05) is 11.6 Å². The highest BCUT2D eigenvalue weighted by Gasteiger charge is 1.99. The van der Waals surface area contributed by atoms with Crippen LogP contribution in [0.5, 0.6) is 0 Å². The normalized spacial score (nSPS) is 12.0. The largest absolute Gasteiger partial charge is 0.278 e. The molecule has 0 atom stereocenters. The van der Waals surface area contributed by atoms with E-state index >= 15 is 0 Å². The van der Waals surface area contributed by atoms with Crippen molar-refractivity contribution >= 4 is 28.4 Å². The van der Waals surface area contributed by atoms with Gasteiger partial charge >= 0.3 is 0 Å². The maximum Gasteiger partial charge on any atom is 0.0723 e. The molecule has 0 aliphatic carbocycles. The Kier molecular flexibility index (Phi) is 5.02. The number of fused-ring (bicyclic) bond motifs is 1. The maximum absolute atomic E-state index is 4.45. The SMILES string of the molecule is CCc1ccc(/C=C/C(C)=N\Nc2cccc3ncccc23)cc1. The molecule has 0 aliphatic heterocycles. The smallest absolute Gasteiger partial charge is 0.0723 e. The van der Waals surface area contributed by atoms with Gasteiger partial charge in [-0.2, -0.15) is 5.10 Å². The molecule has 0 saturated carbocycles. The fraction of sp³-hybridized carbons (Fsp3) is 0.143. The molecular formula is C21H21N3. The van der Waals surface area contributed by atoms with Gasteiger partial charge in [-0.3, -0.25) is 10.4 Å². The highest BCUT2D eigenvalue weighted by atomic mass is 15.3.